The molecule has 24 nitrogen and oxygen atoms in total. The zero-order chi connectivity index (χ0) is 59.4. The van der Waals surface area contributed by atoms with E-state index in [0.29, 0.717) is 94.5 Å². The number of aromatic amines is 4. The van der Waals surface area contributed by atoms with Crippen molar-refractivity contribution in [2.24, 2.45) is 22.9 Å². The van der Waals surface area contributed by atoms with Crippen molar-refractivity contribution in [3.8, 4) is 22.6 Å². The highest BCUT2D eigenvalue weighted by Crippen LogP contribution is 2.40. The normalized spacial score (nSPS) is 11.5. The standard InChI is InChI=1S/C17H16ClN5O.C15H17FN4O.C13H15FN4O.C10H9N5O3/c18-12-5-3-4-11(10-12)7-8-13-15(14-6-1-2-9-21-14)22-23(16(13)24)17(19)20;16-11-6-1-9(2-7-11)3-8-12-13(10-4-5-10)19-20(14(12)21)15(17)18;1-8-11(12(19)18(17-8)13(15)16)7-4-9-2-5-10(14)6-3-9;11-10(12)14-9(16)5-8(13-14)6-1-3-7(4-2-6)15(17)18/h1-6,9-10,22H,7-8H2,(H3,19,20);1-2,6-7,10,19H,3-5,8H2,(H3,17,18);2-3,5-6,17H,4,7H2,1H3,(H3,15,16);1-5,13H,(H3,11,12). The van der Waals surface area contributed by atoms with E-state index in [-0.39, 0.29) is 51.9 Å². The average molecular weight is 1140 g/mol. The highest BCUT2D eigenvalue weighted by Gasteiger charge is 2.30. The molecule has 1 fully saturated rings. The molecule has 9 aromatic rings. The van der Waals surface area contributed by atoms with Crippen molar-refractivity contribution in [3.05, 3.63) is 240 Å². The number of hydrogen-bond donors (Lipinski definition) is 12. The first-order valence-corrected chi connectivity index (χ1v) is 25.5. The van der Waals surface area contributed by atoms with Crippen molar-refractivity contribution >= 4 is 41.1 Å². The molecule has 27 heteroatoms. The maximum atomic E-state index is 12.9. The Bertz CT molecular complexity index is 4020. The Kier molecular flexibility index (Phi) is 19.1. The number of non-ortho nitro benzene ring substituents is 1. The number of benzene rings is 4. The lowest BCUT2D eigenvalue weighted by molar-refractivity contribution is -0.384. The first-order valence-electron chi connectivity index (χ1n) is 25.2. The van der Waals surface area contributed by atoms with E-state index in [9.17, 15) is 38.1 Å². The number of halogens is 3. The molecule has 4 aromatic carbocycles. The summed E-state index contributed by atoms with van der Waals surface area (Å²) in [6.45, 7) is 1.76. The molecule has 5 heterocycles. The highest BCUT2D eigenvalue weighted by molar-refractivity contribution is 6.30. The maximum absolute atomic E-state index is 12.9. The van der Waals surface area contributed by atoms with Crippen LogP contribution in [0.1, 0.15) is 63.5 Å². The molecule has 1 aliphatic rings. The van der Waals surface area contributed by atoms with E-state index < -0.39 is 16.4 Å². The van der Waals surface area contributed by atoms with E-state index in [0.717, 1.165) is 54.0 Å². The van der Waals surface area contributed by atoms with Gasteiger partial charge in [-0.05, 0) is 136 Å². The van der Waals surface area contributed by atoms with Crippen LogP contribution in [-0.2, 0) is 38.5 Å². The third kappa shape index (κ3) is 15.0. The molecule has 1 aliphatic carbocycles. The molecular formula is C55H57ClF2N18O6. The third-order valence-corrected chi connectivity index (χ3v) is 13.1. The fraction of sp³-hybridized carbons (Fsp3) is 0.182. The van der Waals surface area contributed by atoms with Gasteiger partial charge in [-0.25, -0.2) is 8.78 Å². The van der Waals surface area contributed by atoms with Crippen molar-refractivity contribution in [2.75, 3.05) is 0 Å². The minimum absolute atomic E-state index is 0.0351. The van der Waals surface area contributed by atoms with Gasteiger partial charge in [0.2, 0.25) is 23.8 Å². The first-order chi connectivity index (χ1) is 39.1. The molecule has 1 saturated carbocycles. The highest BCUT2D eigenvalue weighted by atomic mass is 35.5. The number of nitro groups is 1. The fourth-order valence-corrected chi connectivity index (χ4v) is 8.75. The molecule has 0 radical (unpaired) electrons. The second-order valence-electron chi connectivity index (χ2n) is 18.7. The van der Waals surface area contributed by atoms with Gasteiger partial charge in [-0.15, -0.1) is 0 Å². The second-order valence-corrected chi connectivity index (χ2v) is 19.1. The summed E-state index contributed by atoms with van der Waals surface area (Å²) in [5.41, 5.74) is 28.7. The lowest BCUT2D eigenvalue weighted by Gasteiger charge is -2.03. The summed E-state index contributed by atoms with van der Waals surface area (Å²) in [5.74, 6) is -1.57. The second kappa shape index (κ2) is 26.4. The lowest BCUT2D eigenvalue weighted by atomic mass is 10.0. The van der Waals surface area contributed by atoms with Gasteiger partial charge in [0.25, 0.3) is 27.9 Å². The summed E-state index contributed by atoms with van der Waals surface area (Å²) in [6.07, 6.45) is 7.27. The molecule has 0 atom stereocenters. The SMILES string of the molecule is Cc1[nH]n(C(=N)N)c(=O)c1CCc1ccc(F)cc1.N=C(N)n1[nH]c(-c2ccc([N+](=O)[O-])cc2)cc1=O.N=C(N)n1[nH]c(-c2ccccn2)c(CCc2cccc(Cl)c2)c1=O.N=C(N)n1[nH]c(C2CC2)c(CCc2ccc(F)cc2)c1=O. The molecule has 10 rings (SSSR count). The lowest BCUT2D eigenvalue weighted by Crippen LogP contribution is -2.31. The molecule has 16 N–H and O–H groups in total. The van der Waals surface area contributed by atoms with E-state index in [1.807, 2.05) is 30.3 Å². The summed E-state index contributed by atoms with van der Waals surface area (Å²) < 4.78 is 29.7. The Morgan fingerprint density at radius 3 is 1.62 bits per heavy atom. The zero-order valence-electron chi connectivity index (χ0n) is 43.9. The Morgan fingerprint density at radius 2 is 1.12 bits per heavy atom. The van der Waals surface area contributed by atoms with Crippen LogP contribution in [0, 0.1) is 50.3 Å². The largest absolute Gasteiger partial charge is 0.368 e. The number of H-pyrrole nitrogens is 4. The molecule has 0 amide bonds. The number of hydrogen-bond acceptors (Lipinski definition) is 11. The first kappa shape index (κ1) is 59.2. The van der Waals surface area contributed by atoms with Crippen LogP contribution in [0.5, 0.6) is 0 Å². The van der Waals surface area contributed by atoms with Crippen LogP contribution in [0.4, 0.5) is 14.5 Å². The zero-order valence-corrected chi connectivity index (χ0v) is 44.7. The van der Waals surface area contributed by atoms with Crippen LogP contribution in [0.2, 0.25) is 5.02 Å². The van der Waals surface area contributed by atoms with Crippen LogP contribution in [0.3, 0.4) is 0 Å². The molecule has 5 aromatic heterocycles. The molecule has 0 saturated heterocycles. The van der Waals surface area contributed by atoms with E-state index in [1.165, 1.54) is 54.6 Å². The van der Waals surface area contributed by atoms with Crippen LogP contribution >= 0.6 is 11.6 Å². The summed E-state index contributed by atoms with van der Waals surface area (Å²) in [7, 11) is 0. The van der Waals surface area contributed by atoms with E-state index in [2.05, 4.69) is 25.4 Å². The molecule has 0 spiro atoms. The fourth-order valence-electron chi connectivity index (χ4n) is 8.54. The van der Waals surface area contributed by atoms with Gasteiger partial charge in [-0.1, -0.05) is 54.1 Å². The number of aromatic nitrogens is 9. The average Bonchev–Trinajstić information content (AvgIpc) is 4.10. The number of rotatable bonds is 13. The van der Waals surface area contributed by atoms with Gasteiger partial charge < -0.3 is 22.9 Å². The van der Waals surface area contributed by atoms with Crippen LogP contribution in [0.15, 0.2) is 147 Å². The van der Waals surface area contributed by atoms with Gasteiger partial charge in [0.05, 0.1) is 22.0 Å². The van der Waals surface area contributed by atoms with Gasteiger partial charge in [-0.3, -0.25) is 76.3 Å². The van der Waals surface area contributed by atoms with E-state index >= 15 is 0 Å². The molecule has 0 unspecified atom stereocenters. The van der Waals surface area contributed by atoms with Crippen LogP contribution in [0.25, 0.3) is 22.6 Å². The van der Waals surface area contributed by atoms with Crippen molar-refractivity contribution in [1.29, 1.82) is 21.6 Å². The van der Waals surface area contributed by atoms with Gasteiger partial charge in [0.15, 0.2) is 0 Å². The van der Waals surface area contributed by atoms with Gasteiger partial charge >= 0.3 is 0 Å². The molecule has 0 aliphatic heterocycles. The summed E-state index contributed by atoms with van der Waals surface area (Å²) in [6, 6.07) is 32.4. The Balaban J connectivity index is 0.000000158. The quantitative estimate of drug-likeness (QED) is 0.0284. The summed E-state index contributed by atoms with van der Waals surface area (Å²) in [4.78, 5) is 62.5. The smallest absolute Gasteiger partial charge is 0.277 e. The number of aryl methyl sites for hydroxylation is 4. The van der Waals surface area contributed by atoms with Gasteiger partial charge in [0, 0.05) is 69.0 Å². The number of nitro benzene ring substituents is 1. The van der Waals surface area contributed by atoms with Gasteiger partial charge in [-0.2, -0.15) is 18.7 Å². The number of nitrogens with zero attached hydrogens (tertiary/aromatic N) is 6. The number of nitrogen functional groups attached to an aromatic ring is 4. The number of pyridine rings is 1. The number of nitrogens with two attached hydrogens (primary N) is 4. The third-order valence-electron chi connectivity index (χ3n) is 12.9. The molecule has 424 valence electrons. The Morgan fingerprint density at radius 1 is 0.610 bits per heavy atom. The Labute approximate surface area is 469 Å². The maximum Gasteiger partial charge on any atom is 0.277 e. The van der Waals surface area contributed by atoms with Crippen molar-refractivity contribution in [1.82, 2.24) is 44.1 Å². The minimum Gasteiger partial charge on any atom is -0.368 e. The van der Waals surface area contributed by atoms with Crippen molar-refractivity contribution in [3.63, 3.8) is 0 Å². The Hall–Kier alpha value is -10.5. The topological polar surface area (TPSA) is 407 Å². The van der Waals surface area contributed by atoms with Crippen molar-refractivity contribution < 1.29 is 13.7 Å². The monoisotopic (exact) mass is 1140 g/mol. The predicted octanol–water partition coefficient (Wildman–Crippen LogP) is 5.78. The minimum atomic E-state index is -0.507. The van der Waals surface area contributed by atoms with Crippen molar-refractivity contribution in [2.45, 2.75) is 64.2 Å². The number of nitrogens with one attached hydrogen (secondary N) is 8. The predicted molar refractivity (Wildman–Crippen MR) is 308 cm³/mol. The molecule has 82 heavy (non-hydrogen) atoms. The van der Waals surface area contributed by atoms with Crippen LogP contribution in [-0.4, -0.2) is 72.9 Å². The summed E-state index contributed by atoms with van der Waals surface area (Å²) >= 11 is 6.00. The van der Waals surface area contributed by atoms with Gasteiger partial charge in [0.1, 0.15) is 11.6 Å². The van der Waals surface area contributed by atoms with E-state index in [1.54, 1.807) is 49.5 Å². The molecule has 0 bridgehead atoms. The van der Waals surface area contributed by atoms with E-state index in [4.69, 9.17) is 56.2 Å². The molecular weight excluding hydrogens is 1080 g/mol. The summed E-state index contributed by atoms with van der Waals surface area (Å²) in [5, 5.41) is 51.8. The van der Waals surface area contributed by atoms with Crippen LogP contribution < -0.4 is 45.2 Å².